The standard InChI is InChI=1S/C19H30N2O3S/c1-6-15-13(2)11-16(25-15)17(22)21-9-7-14(8-10-21)12-20-18(23)24-19(3,4)5/h11,14H,6-10,12H2,1-5H3,(H,20,23). The van der Waals surface area contributed by atoms with Gasteiger partial charge in [-0.2, -0.15) is 0 Å². The molecule has 1 saturated heterocycles. The Hall–Kier alpha value is -1.56. The average molecular weight is 367 g/mol. The summed E-state index contributed by atoms with van der Waals surface area (Å²) in [4.78, 5) is 28.5. The van der Waals surface area contributed by atoms with Gasteiger partial charge < -0.3 is 15.0 Å². The Labute approximate surface area is 154 Å². The summed E-state index contributed by atoms with van der Waals surface area (Å²) in [7, 11) is 0. The summed E-state index contributed by atoms with van der Waals surface area (Å²) in [5.74, 6) is 0.541. The third-order valence-corrected chi connectivity index (χ3v) is 5.76. The number of piperidine rings is 1. The molecule has 2 heterocycles. The molecule has 1 N–H and O–H groups in total. The molecular weight excluding hydrogens is 336 g/mol. The van der Waals surface area contributed by atoms with Crippen LogP contribution in [0.1, 0.15) is 60.6 Å². The number of hydrogen-bond acceptors (Lipinski definition) is 4. The van der Waals surface area contributed by atoms with Gasteiger partial charge in [-0.15, -0.1) is 11.3 Å². The number of nitrogens with zero attached hydrogens (tertiary/aromatic N) is 1. The molecule has 140 valence electrons. The number of nitrogens with one attached hydrogen (secondary N) is 1. The Morgan fingerprint density at radius 3 is 2.48 bits per heavy atom. The number of aryl methyl sites for hydroxylation is 2. The second-order valence-corrected chi connectivity index (χ2v) is 8.83. The molecule has 2 rings (SSSR count). The lowest BCUT2D eigenvalue weighted by Gasteiger charge is -2.32. The van der Waals surface area contributed by atoms with E-state index in [1.165, 1.54) is 10.4 Å². The first kappa shape index (κ1) is 19.8. The third kappa shape index (κ3) is 5.73. The van der Waals surface area contributed by atoms with Crippen LogP contribution in [-0.4, -0.2) is 42.1 Å². The van der Waals surface area contributed by atoms with Crippen LogP contribution in [0.5, 0.6) is 0 Å². The summed E-state index contributed by atoms with van der Waals surface area (Å²) in [6, 6.07) is 2.02. The molecule has 25 heavy (non-hydrogen) atoms. The fourth-order valence-electron chi connectivity index (χ4n) is 3.01. The SMILES string of the molecule is CCc1sc(C(=O)N2CCC(CNC(=O)OC(C)(C)C)CC2)cc1C. The average Bonchev–Trinajstić information content (AvgIpc) is 2.92. The molecule has 5 nitrogen and oxygen atoms in total. The fraction of sp³-hybridized carbons (Fsp3) is 0.684. The lowest BCUT2D eigenvalue weighted by atomic mass is 9.96. The number of amides is 2. The molecule has 6 heteroatoms. The quantitative estimate of drug-likeness (QED) is 0.876. The molecule has 1 aromatic heterocycles. The number of ether oxygens (including phenoxy) is 1. The predicted octanol–water partition coefficient (Wildman–Crippen LogP) is 4.00. The minimum atomic E-state index is -0.476. The maximum atomic E-state index is 12.7. The van der Waals surface area contributed by atoms with Gasteiger partial charge in [-0.3, -0.25) is 4.79 Å². The molecular formula is C19H30N2O3S. The number of alkyl carbamates (subject to hydrolysis) is 1. The van der Waals surface area contributed by atoms with Crippen LogP contribution in [0.2, 0.25) is 0 Å². The second-order valence-electron chi connectivity index (χ2n) is 7.69. The van der Waals surface area contributed by atoms with E-state index in [0.717, 1.165) is 37.2 Å². The van der Waals surface area contributed by atoms with Gasteiger partial charge in [0.25, 0.3) is 5.91 Å². The van der Waals surface area contributed by atoms with E-state index in [0.29, 0.717) is 12.5 Å². The van der Waals surface area contributed by atoms with Gasteiger partial charge in [-0.1, -0.05) is 6.92 Å². The van der Waals surface area contributed by atoms with Crippen LogP contribution in [0.4, 0.5) is 4.79 Å². The first-order chi connectivity index (χ1) is 11.7. The van der Waals surface area contributed by atoms with E-state index in [4.69, 9.17) is 4.74 Å². The van der Waals surface area contributed by atoms with E-state index in [9.17, 15) is 9.59 Å². The van der Waals surface area contributed by atoms with Crippen molar-refractivity contribution < 1.29 is 14.3 Å². The van der Waals surface area contributed by atoms with E-state index in [2.05, 4.69) is 19.2 Å². The zero-order valence-corrected chi connectivity index (χ0v) is 16.8. The fourth-order valence-corrected chi connectivity index (χ4v) is 4.10. The second kappa shape index (κ2) is 8.21. The van der Waals surface area contributed by atoms with Crippen molar-refractivity contribution in [3.05, 3.63) is 21.4 Å². The molecule has 1 aliphatic heterocycles. The predicted molar refractivity (Wildman–Crippen MR) is 101 cm³/mol. The summed E-state index contributed by atoms with van der Waals surface area (Å²) >= 11 is 1.62. The summed E-state index contributed by atoms with van der Waals surface area (Å²) in [6.07, 6.45) is 2.42. The molecule has 1 aliphatic rings. The first-order valence-corrected chi connectivity index (χ1v) is 9.86. The Kier molecular flexibility index (Phi) is 6.49. The van der Waals surface area contributed by atoms with Gasteiger partial charge in [0.2, 0.25) is 0 Å². The highest BCUT2D eigenvalue weighted by Crippen LogP contribution is 2.25. The summed E-state index contributed by atoms with van der Waals surface area (Å²) in [5, 5.41) is 2.84. The van der Waals surface area contributed by atoms with Crippen LogP contribution >= 0.6 is 11.3 Å². The van der Waals surface area contributed by atoms with Crippen LogP contribution in [-0.2, 0) is 11.2 Å². The highest BCUT2D eigenvalue weighted by molar-refractivity contribution is 7.14. The normalized spacial score (nSPS) is 16.0. The molecule has 0 bridgehead atoms. The lowest BCUT2D eigenvalue weighted by molar-refractivity contribution is 0.0500. The first-order valence-electron chi connectivity index (χ1n) is 9.05. The molecule has 0 radical (unpaired) electrons. The Morgan fingerprint density at radius 2 is 1.96 bits per heavy atom. The summed E-state index contributed by atoms with van der Waals surface area (Å²) < 4.78 is 5.26. The van der Waals surface area contributed by atoms with Crippen molar-refractivity contribution in [2.45, 2.75) is 59.5 Å². The molecule has 1 aromatic rings. The largest absolute Gasteiger partial charge is 0.444 e. The smallest absolute Gasteiger partial charge is 0.407 e. The number of rotatable bonds is 4. The van der Waals surface area contributed by atoms with Gasteiger partial charge in [-0.05, 0) is 64.5 Å². The van der Waals surface area contributed by atoms with Crippen molar-refractivity contribution in [3.8, 4) is 0 Å². The van der Waals surface area contributed by atoms with E-state index in [1.807, 2.05) is 31.7 Å². The van der Waals surface area contributed by atoms with Crippen molar-refractivity contribution in [3.63, 3.8) is 0 Å². The highest BCUT2D eigenvalue weighted by atomic mass is 32.1. The Morgan fingerprint density at radius 1 is 1.32 bits per heavy atom. The van der Waals surface area contributed by atoms with Crippen molar-refractivity contribution in [2.75, 3.05) is 19.6 Å². The van der Waals surface area contributed by atoms with E-state index in [-0.39, 0.29) is 12.0 Å². The van der Waals surface area contributed by atoms with E-state index < -0.39 is 5.60 Å². The van der Waals surface area contributed by atoms with Crippen LogP contribution in [0.15, 0.2) is 6.07 Å². The summed E-state index contributed by atoms with van der Waals surface area (Å²) in [6.45, 7) is 11.9. The molecule has 0 aliphatic carbocycles. The van der Waals surface area contributed by atoms with Crippen molar-refractivity contribution >= 4 is 23.3 Å². The third-order valence-electron chi connectivity index (χ3n) is 4.39. The molecule has 0 spiro atoms. The number of likely N-dealkylation sites (tertiary alicyclic amines) is 1. The molecule has 2 amide bonds. The maximum Gasteiger partial charge on any atom is 0.407 e. The zero-order valence-electron chi connectivity index (χ0n) is 16.0. The van der Waals surface area contributed by atoms with Crippen LogP contribution in [0.3, 0.4) is 0 Å². The number of carbonyl (C=O) groups excluding carboxylic acids is 2. The molecule has 0 aromatic carbocycles. The van der Waals surface area contributed by atoms with Gasteiger partial charge in [0.05, 0.1) is 4.88 Å². The van der Waals surface area contributed by atoms with Gasteiger partial charge in [0.1, 0.15) is 5.60 Å². The van der Waals surface area contributed by atoms with E-state index >= 15 is 0 Å². The van der Waals surface area contributed by atoms with Gasteiger partial charge >= 0.3 is 6.09 Å². The highest BCUT2D eigenvalue weighted by Gasteiger charge is 2.26. The van der Waals surface area contributed by atoms with Gasteiger partial charge in [-0.25, -0.2) is 4.79 Å². The number of thiophene rings is 1. The van der Waals surface area contributed by atoms with Crippen molar-refractivity contribution in [2.24, 2.45) is 5.92 Å². The van der Waals surface area contributed by atoms with E-state index in [1.54, 1.807) is 11.3 Å². The minimum Gasteiger partial charge on any atom is -0.444 e. The molecule has 0 saturated carbocycles. The van der Waals surface area contributed by atoms with Crippen LogP contribution in [0.25, 0.3) is 0 Å². The number of carbonyl (C=O) groups is 2. The molecule has 0 unspecified atom stereocenters. The van der Waals surface area contributed by atoms with Gasteiger partial charge in [0.15, 0.2) is 0 Å². The van der Waals surface area contributed by atoms with Crippen molar-refractivity contribution in [1.82, 2.24) is 10.2 Å². The lowest BCUT2D eigenvalue weighted by Crippen LogP contribution is -2.42. The maximum absolute atomic E-state index is 12.7. The number of hydrogen-bond donors (Lipinski definition) is 1. The minimum absolute atomic E-state index is 0.145. The topological polar surface area (TPSA) is 58.6 Å². The molecule has 1 fully saturated rings. The Bertz CT molecular complexity index is 611. The van der Waals surface area contributed by atoms with Crippen LogP contribution in [0, 0.1) is 12.8 Å². The van der Waals surface area contributed by atoms with Crippen LogP contribution < -0.4 is 5.32 Å². The Balaban J connectivity index is 1.79. The van der Waals surface area contributed by atoms with Gasteiger partial charge in [0, 0.05) is 24.5 Å². The molecule has 0 atom stereocenters. The monoisotopic (exact) mass is 366 g/mol. The summed E-state index contributed by atoms with van der Waals surface area (Å²) in [5.41, 5.74) is 0.739. The van der Waals surface area contributed by atoms with Crippen molar-refractivity contribution in [1.29, 1.82) is 0 Å². The zero-order chi connectivity index (χ0) is 18.6.